The third-order valence-corrected chi connectivity index (χ3v) is 4.29. The summed E-state index contributed by atoms with van der Waals surface area (Å²) in [5.41, 5.74) is 0.447. The summed E-state index contributed by atoms with van der Waals surface area (Å²) in [7, 11) is 3.22. The van der Waals surface area contributed by atoms with Gasteiger partial charge in [0.25, 0.3) is 5.56 Å². The van der Waals surface area contributed by atoms with E-state index in [0.717, 1.165) is 6.07 Å². The van der Waals surface area contributed by atoms with E-state index in [-0.39, 0.29) is 5.52 Å². The van der Waals surface area contributed by atoms with Crippen molar-refractivity contribution in [2.24, 2.45) is 0 Å². The Bertz CT molecular complexity index is 1250. The van der Waals surface area contributed by atoms with Crippen LogP contribution in [0.25, 0.3) is 22.1 Å². The molecule has 1 aromatic carbocycles. The van der Waals surface area contributed by atoms with Crippen LogP contribution in [0.5, 0.6) is 0 Å². The summed E-state index contributed by atoms with van der Waals surface area (Å²) >= 11 is 0. The number of aromatic nitrogens is 6. The number of H-pyrrole nitrogens is 1. The van der Waals surface area contributed by atoms with Gasteiger partial charge < -0.3 is 15.3 Å². The lowest BCUT2D eigenvalue weighted by Crippen LogP contribution is -2.41. The molecule has 144 valence electrons. The summed E-state index contributed by atoms with van der Waals surface area (Å²) < 4.78 is 29.0. The van der Waals surface area contributed by atoms with E-state index in [2.05, 4.69) is 30.2 Å². The minimum atomic E-state index is -1.22. The molecule has 9 nitrogen and oxygen atoms in total. The van der Waals surface area contributed by atoms with Gasteiger partial charge in [-0.15, -0.1) is 0 Å². The highest BCUT2D eigenvalue weighted by atomic mass is 19.2. The molecule has 3 aromatic heterocycles. The molecule has 0 bridgehead atoms. The molecule has 4 rings (SSSR count). The van der Waals surface area contributed by atoms with Crippen LogP contribution in [-0.4, -0.2) is 43.7 Å². The summed E-state index contributed by atoms with van der Waals surface area (Å²) in [6.07, 6.45) is 2.87. The number of nitrogens with one attached hydrogen (secondary N) is 2. The van der Waals surface area contributed by atoms with E-state index < -0.39 is 28.6 Å². The Hall–Kier alpha value is -3.63. The molecule has 0 aliphatic carbocycles. The summed E-state index contributed by atoms with van der Waals surface area (Å²) in [5.74, 6) is -1.57. The molecule has 28 heavy (non-hydrogen) atoms. The number of anilines is 1. The van der Waals surface area contributed by atoms with Crippen molar-refractivity contribution in [1.82, 2.24) is 29.6 Å². The normalized spacial score (nSPS) is 12.5. The molecule has 0 radical (unpaired) electrons. The maximum absolute atomic E-state index is 14.2. The molecule has 0 aliphatic rings. The van der Waals surface area contributed by atoms with E-state index >= 15 is 0 Å². The van der Waals surface area contributed by atoms with Crippen molar-refractivity contribution in [3.63, 3.8) is 0 Å². The molecule has 2 N–H and O–H groups in total. The van der Waals surface area contributed by atoms with E-state index in [1.54, 1.807) is 21.0 Å². The molecule has 1 atom stereocenters. The van der Waals surface area contributed by atoms with Gasteiger partial charge in [0.2, 0.25) is 0 Å². The summed E-state index contributed by atoms with van der Waals surface area (Å²) in [4.78, 5) is 32.6. The van der Waals surface area contributed by atoms with Gasteiger partial charge in [-0.05, 0) is 19.1 Å². The van der Waals surface area contributed by atoms with Crippen molar-refractivity contribution < 1.29 is 8.78 Å². The monoisotopic (exact) mass is 386 g/mol. The highest BCUT2D eigenvalue weighted by Gasteiger charge is 2.22. The average molecular weight is 386 g/mol. The van der Waals surface area contributed by atoms with Crippen LogP contribution in [0.1, 0.15) is 18.8 Å². The molecule has 0 saturated heterocycles. The van der Waals surface area contributed by atoms with Crippen molar-refractivity contribution in [2.75, 3.05) is 24.4 Å². The maximum Gasteiger partial charge on any atom is 0.283 e. The molecule has 0 spiro atoms. The molecule has 3 heterocycles. The zero-order valence-corrected chi connectivity index (χ0v) is 15.2. The second kappa shape index (κ2) is 6.51. The lowest BCUT2D eigenvalue weighted by atomic mass is 10.2. The highest BCUT2D eigenvalue weighted by Crippen LogP contribution is 2.23. The zero-order valence-electron chi connectivity index (χ0n) is 15.2. The van der Waals surface area contributed by atoms with Crippen molar-refractivity contribution in [3.05, 3.63) is 52.6 Å². The summed E-state index contributed by atoms with van der Waals surface area (Å²) in [6, 6.07) is 1.72. The quantitative estimate of drug-likeness (QED) is 0.550. The van der Waals surface area contributed by atoms with Crippen LogP contribution in [0.4, 0.5) is 14.6 Å². The van der Waals surface area contributed by atoms with Crippen molar-refractivity contribution in [1.29, 1.82) is 0 Å². The van der Waals surface area contributed by atoms with E-state index in [0.29, 0.717) is 22.8 Å². The first kappa shape index (κ1) is 17.8. The molecule has 0 amide bonds. The van der Waals surface area contributed by atoms with Crippen LogP contribution in [0.15, 0.2) is 29.6 Å². The molecule has 4 aromatic rings. The van der Waals surface area contributed by atoms with Crippen LogP contribution < -0.4 is 15.9 Å². The Labute approximate surface area is 157 Å². The fraction of sp³-hybridized carbons (Fsp3) is 0.235. The lowest BCUT2D eigenvalue weighted by Gasteiger charge is -2.24. The smallest absolute Gasteiger partial charge is 0.283 e. The first-order chi connectivity index (χ1) is 13.4. The molecule has 0 unspecified atom stereocenters. The van der Waals surface area contributed by atoms with Crippen LogP contribution in [0.2, 0.25) is 0 Å². The van der Waals surface area contributed by atoms with Crippen molar-refractivity contribution in [3.8, 4) is 0 Å². The first-order valence-corrected chi connectivity index (χ1v) is 8.37. The highest BCUT2D eigenvalue weighted by molar-refractivity contribution is 5.82. The molecule has 0 saturated carbocycles. The Balaban J connectivity index is 1.87. The number of halogens is 2. The van der Waals surface area contributed by atoms with Crippen LogP contribution in [0, 0.1) is 11.6 Å². The van der Waals surface area contributed by atoms with E-state index in [4.69, 9.17) is 0 Å². The van der Waals surface area contributed by atoms with Gasteiger partial charge in [0.15, 0.2) is 28.9 Å². The van der Waals surface area contributed by atoms with Gasteiger partial charge in [0.1, 0.15) is 17.2 Å². The molecular weight excluding hydrogens is 370 g/mol. The number of fused-ring (bicyclic) bond motifs is 2. The summed E-state index contributed by atoms with van der Waals surface area (Å²) in [6.45, 7) is 1.77. The standard InChI is InChI=1S/C17H16F2N8O/c1-8(24-15-13-14(21-6-20-13)22-7-23-15)16-25-10-5-4-9(18)12(19)11(10)17(28)27(16)26(2)3/h4-8H,1-3H3,(H2,20,21,22,23,24)/t8-/m0/s1. The van der Waals surface area contributed by atoms with Crippen LogP contribution in [0.3, 0.4) is 0 Å². The van der Waals surface area contributed by atoms with E-state index in [1.165, 1.54) is 28.4 Å². The molecule has 11 heteroatoms. The van der Waals surface area contributed by atoms with Crippen molar-refractivity contribution in [2.45, 2.75) is 13.0 Å². The van der Waals surface area contributed by atoms with Crippen LogP contribution in [-0.2, 0) is 0 Å². The predicted molar refractivity (Wildman–Crippen MR) is 99.7 cm³/mol. The minimum absolute atomic E-state index is 0.0678. The molecule has 0 fully saturated rings. The number of aromatic amines is 1. The van der Waals surface area contributed by atoms with Gasteiger partial charge in [-0.3, -0.25) is 4.79 Å². The first-order valence-electron chi connectivity index (χ1n) is 8.37. The van der Waals surface area contributed by atoms with E-state index in [9.17, 15) is 13.6 Å². The SMILES string of the molecule is C[C@H](Nc1ncnc2[nH]cnc12)c1nc2ccc(F)c(F)c2c(=O)n1N(C)C. The molecule has 0 aliphatic heterocycles. The number of imidazole rings is 1. The van der Waals surface area contributed by atoms with E-state index in [1.807, 2.05) is 0 Å². The Morgan fingerprint density at radius 1 is 1.21 bits per heavy atom. The zero-order chi connectivity index (χ0) is 20.0. The Morgan fingerprint density at radius 3 is 2.75 bits per heavy atom. The number of benzene rings is 1. The Kier molecular flexibility index (Phi) is 4.13. The van der Waals surface area contributed by atoms with Gasteiger partial charge in [0, 0.05) is 14.1 Å². The minimum Gasteiger partial charge on any atom is -0.358 e. The van der Waals surface area contributed by atoms with Gasteiger partial charge in [-0.2, -0.15) is 0 Å². The third kappa shape index (κ3) is 2.71. The largest absolute Gasteiger partial charge is 0.358 e. The van der Waals surface area contributed by atoms with Crippen molar-refractivity contribution >= 4 is 27.9 Å². The lowest BCUT2D eigenvalue weighted by molar-refractivity contribution is 0.513. The van der Waals surface area contributed by atoms with Gasteiger partial charge in [-0.25, -0.2) is 33.4 Å². The number of hydrogen-bond donors (Lipinski definition) is 2. The average Bonchev–Trinajstić information content (AvgIpc) is 3.13. The van der Waals surface area contributed by atoms with Gasteiger partial charge in [-0.1, -0.05) is 0 Å². The number of rotatable bonds is 4. The Morgan fingerprint density at radius 2 is 2.00 bits per heavy atom. The second-order valence-corrected chi connectivity index (χ2v) is 6.38. The fourth-order valence-corrected chi connectivity index (χ4v) is 3.02. The fourth-order valence-electron chi connectivity index (χ4n) is 3.02. The molecular formula is C17H16F2N8O. The second-order valence-electron chi connectivity index (χ2n) is 6.38. The van der Waals surface area contributed by atoms with Crippen LogP contribution >= 0.6 is 0 Å². The predicted octanol–water partition coefficient (Wildman–Crippen LogP) is 1.71. The summed E-state index contributed by atoms with van der Waals surface area (Å²) in [5, 5.41) is 4.20. The number of hydrogen-bond acceptors (Lipinski definition) is 7. The number of nitrogens with zero attached hydrogens (tertiary/aromatic N) is 6. The topological polar surface area (TPSA) is 105 Å². The van der Waals surface area contributed by atoms with Gasteiger partial charge in [0.05, 0.1) is 17.9 Å². The maximum atomic E-state index is 14.2. The van der Waals surface area contributed by atoms with Gasteiger partial charge >= 0.3 is 0 Å². The third-order valence-electron chi connectivity index (χ3n) is 4.29.